The Morgan fingerprint density at radius 2 is 0.813 bits per heavy atom. The maximum absolute atomic E-state index is 13.5. The summed E-state index contributed by atoms with van der Waals surface area (Å²) in [5.74, 6) is -0.540. The minimum atomic E-state index is -4.70. The molecule has 3 atom stereocenters. The fourth-order valence-corrected chi connectivity index (χ4v) is 9.98. The molecule has 1 amide bonds. The number of esters is 1. The quantitative estimate of drug-likeness (QED) is 0.0212. The Balaban J connectivity index is 5.18. The molecule has 0 radical (unpaired) electrons. The number of phosphoric acid groups is 1. The molecule has 0 fully saturated rings. The zero-order chi connectivity index (χ0) is 55.0. The minimum absolute atomic E-state index is 0.0230. The molecule has 0 aromatic heterocycles. The van der Waals surface area contributed by atoms with Crippen molar-refractivity contribution < 1.29 is 37.3 Å². The van der Waals surface area contributed by atoms with Crippen LogP contribution in [0.3, 0.4) is 0 Å². The summed E-state index contributed by atoms with van der Waals surface area (Å²) in [5, 5.41) is 3.03. The predicted octanol–water partition coefficient (Wildman–Crippen LogP) is 19.0. The van der Waals surface area contributed by atoms with Gasteiger partial charge in [0.25, 0.3) is 7.82 Å². The lowest BCUT2D eigenvalue weighted by molar-refractivity contribution is -0.870. The molecule has 0 bridgehead atoms. The van der Waals surface area contributed by atoms with Gasteiger partial charge in [0, 0.05) is 12.8 Å². The van der Waals surface area contributed by atoms with Crippen LogP contribution in [0.5, 0.6) is 0 Å². The van der Waals surface area contributed by atoms with Gasteiger partial charge >= 0.3 is 5.97 Å². The average Bonchev–Trinajstić information content (AvgIpc) is 3.37. The maximum Gasteiger partial charge on any atom is 0.306 e. The Kier molecular flexibility index (Phi) is 53.8. The number of amides is 1. The minimum Gasteiger partial charge on any atom is -0.756 e. The number of unbranched alkanes of at least 4 members (excludes halogenated alkanes) is 36. The van der Waals surface area contributed by atoms with Crippen LogP contribution in [0.1, 0.15) is 303 Å². The zero-order valence-corrected chi connectivity index (χ0v) is 51.2. The molecule has 0 aliphatic heterocycles. The fourth-order valence-electron chi connectivity index (χ4n) is 9.25. The predicted molar refractivity (Wildman–Crippen MR) is 321 cm³/mol. The monoisotopic (exact) mass is 1070 g/mol. The van der Waals surface area contributed by atoms with E-state index in [1.165, 1.54) is 193 Å². The number of hydrogen-bond acceptors (Lipinski definition) is 7. The highest BCUT2D eigenvalue weighted by Gasteiger charge is 2.27. The highest BCUT2D eigenvalue weighted by Crippen LogP contribution is 2.38. The molecule has 0 aromatic carbocycles. The zero-order valence-electron chi connectivity index (χ0n) is 50.3. The van der Waals surface area contributed by atoms with E-state index in [4.69, 9.17) is 13.8 Å². The molecule has 440 valence electrons. The number of rotatable bonds is 58. The van der Waals surface area contributed by atoms with Crippen LogP contribution in [0, 0.1) is 0 Å². The van der Waals surface area contributed by atoms with Gasteiger partial charge in [0.1, 0.15) is 19.3 Å². The number of hydrogen-bond donors (Lipinski definition) is 1. The van der Waals surface area contributed by atoms with Gasteiger partial charge in [-0.25, -0.2) is 0 Å². The van der Waals surface area contributed by atoms with E-state index in [0.29, 0.717) is 17.4 Å². The van der Waals surface area contributed by atoms with Crippen molar-refractivity contribution in [2.45, 2.75) is 315 Å². The van der Waals surface area contributed by atoms with Crippen LogP contribution >= 0.6 is 7.82 Å². The third-order valence-electron chi connectivity index (χ3n) is 14.2. The lowest BCUT2D eigenvalue weighted by Crippen LogP contribution is -2.47. The van der Waals surface area contributed by atoms with E-state index in [1.54, 1.807) is 0 Å². The van der Waals surface area contributed by atoms with Crippen molar-refractivity contribution in [3.63, 3.8) is 0 Å². The molecule has 3 unspecified atom stereocenters. The fraction of sp³-hybridized carbons (Fsp3) is 0.846. The number of ether oxygens (including phenoxy) is 1. The highest BCUT2D eigenvalue weighted by atomic mass is 31.2. The van der Waals surface area contributed by atoms with Crippen LogP contribution in [0.25, 0.3) is 0 Å². The summed E-state index contributed by atoms with van der Waals surface area (Å²) in [5.41, 5.74) is 0. The molecule has 0 spiro atoms. The summed E-state index contributed by atoms with van der Waals surface area (Å²) in [7, 11) is 1.19. The molecule has 0 aliphatic rings. The highest BCUT2D eigenvalue weighted by molar-refractivity contribution is 7.45. The van der Waals surface area contributed by atoms with Crippen LogP contribution < -0.4 is 10.2 Å². The van der Waals surface area contributed by atoms with Gasteiger partial charge in [0.05, 0.1) is 33.8 Å². The number of nitrogens with one attached hydrogen (secondary N) is 1. The molecular weight excluding hydrogens is 952 g/mol. The second-order valence-corrected chi connectivity index (χ2v) is 24.3. The third kappa shape index (κ3) is 56.5. The SMILES string of the molecule is CCCCC/C=C\C/C=C\CCCCCCCCCCCC(=O)NC(COP(=O)([O-])OCC[N+](C)(C)C)C(/C=C/CCCCCCCCCCC)OC(=O)CCCCCCCCCCC/C=C/CCCCCCCC. The molecule has 10 heteroatoms. The van der Waals surface area contributed by atoms with Gasteiger partial charge in [0.2, 0.25) is 5.91 Å². The molecule has 0 aromatic rings. The molecule has 1 N–H and O–H groups in total. The van der Waals surface area contributed by atoms with Crippen molar-refractivity contribution in [1.29, 1.82) is 0 Å². The Bertz CT molecular complexity index is 1420. The third-order valence-corrected chi connectivity index (χ3v) is 15.2. The summed E-state index contributed by atoms with van der Waals surface area (Å²) < 4.78 is 30.3. The number of nitrogens with zero attached hydrogens (tertiary/aromatic N) is 1. The topological polar surface area (TPSA) is 114 Å². The summed E-state index contributed by atoms with van der Waals surface area (Å²) in [6.45, 7) is 6.83. The van der Waals surface area contributed by atoms with E-state index in [2.05, 4.69) is 62.5 Å². The van der Waals surface area contributed by atoms with E-state index in [-0.39, 0.29) is 31.5 Å². The Labute approximate surface area is 465 Å². The summed E-state index contributed by atoms with van der Waals surface area (Å²) in [6.07, 6.45) is 67.9. The first kappa shape index (κ1) is 73.0. The smallest absolute Gasteiger partial charge is 0.306 e. The molecule has 0 heterocycles. The van der Waals surface area contributed by atoms with E-state index in [0.717, 1.165) is 77.0 Å². The molecule has 0 aliphatic carbocycles. The lowest BCUT2D eigenvalue weighted by atomic mass is 10.0. The Morgan fingerprint density at radius 3 is 1.24 bits per heavy atom. The Hall–Kier alpha value is -2.03. The second-order valence-electron chi connectivity index (χ2n) is 22.9. The molecule has 75 heavy (non-hydrogen) atoms. The number of quaternary nitrogens is 1. The second kappa shape index (κ2) is 55.3. The van der Waals surface area contributed by atoms with Crippen LogP contribution in [0.2, 0.25) is 0 Å². The molecular formula is C65H123N2O7P. The van der Waals surface area contributed by atoms with Crippen LogP contribution in [-0.2, 0) is 27.9 Å². The van der Waals surface area contributed by atoms with E-state index in [1.807, 2.05) is 33.3 Å². The lowest BCUT2D eigenvalue weighted by Gasteiger charge is -2.30. The van der Waals surface area contributed by atoms with Crippen molar-refractivity contribution >= 4 is 19.7 Å². The van der Waals surface area contributed by atoms with Gasteiger partial charge < -0.3 is 28.5 Å². The summed E-state index contributed by atoms with van der Waals surface area (Å²) >= 11 is 0. The van der Waals surface area contributed by atoms with Crippen molar-refractivity contribution in [3.05, 3.63) is 48.6 Å². The largest absolute Gasteiger partial charge is 0.756 e. The van der Waals surface area contributed by atoms with E-state index in [9.17, 15) is 19.0 Å². The number of carbonyl (C=O) groups excluding carboxylic acids is 2. The molecule has 0 saturated carbocycles. The average molecular weight is 1080 g/mol. The van der Waals surface area contributed by atoms with Crippen LogP contribution in [-0.4, -0.2) is 69.4 Å². The maximum atomic E-state index is 13.5. The van der Waals surface area contributed by atoms with Crippen molar-refractivity contribution in [1.82, 2.24) is 5.32 Å². The summed E-state index contributed by atoms with van der Waals surface area (Å²) in [4.78, 5) is 40.0. The van der Waals surface area contributed by atoms with Crippen molar-refractivity contribution in [2.24, 2.45) is 0 Å². The number of likely N-dealkylation sites (N-methyl/N-ethyl adjacent to an activating group) is 1. The number of carbonyl (C=O) groups is 2. The normalized spacial score (nSPS) is 14.0. The molecule has 0 rings (SSSR count). The van der Waals surface area contributed by atoms with Gasteiger partial charge in [-0.05, 0) is 89.5 Å². The first-order chi connectivity index (χ1) is 36.4. The van der Waals surface area contributed by atoms with E-state index >= 15 is 0 Å². The first-order valence-electron chi connectivity index (χ1n) is 31.9. The number of allylic oxidation sites excluding steroid dienone is 7. The van der Waals surface area contributed by atoms with Crippen LogP contribution in [0.15, 0.2) is 48.6 Å². The standard InChI is InChI=1S/C65H123N2O7P/c1-7-10-13-16-19-22-25-27-29-31-33-35-37-39-42-45-48-51-54-57-64(68)66-62(61-73-75(70,71)72-60-59-67(4,5)6)63(56-53-50-47-44-41-24-21-18-15-12-9-3)74-65(69)58-55-52-49-46-43-40-38-36-34-32-30-28-26-23-20-17-14-11-8-2/h19,22,27-30,53,56,62-63H,7-18,20-21,23-26,31-52,54-55,57-61H2,1-6H3,(H-,66,68,70,71)/b22-19-,29-27-,30-28+,56-53+. The van der Waals surface area contributed by atoms with Crippen molar-refractivity contribution in [3.8, 4) is 0 Å². The summed E-state index contributed by atoms with van der Waals surface area (Å²) in [6, 6.07) is -0.890. The van der Waals surface area contributed by atoms with Gasteiger partial charge in [0.15, 0.2) is 0 Å². The molecule has 9 nitrogen and oxygen atoms in total. The Morgan fingerprint density at radius 1 is 0.467 bits per heavy atom. The number of phosphoric ester groups is 1. The van der Waals surface area contributed by atoms with E-state index < -0.39 is 20.0 Å². The van der Waals surface area contributed by atoms with Gasteiger partial charge in [-0.3, -0.25) is 14.2 Å². The van der Waals surface area contributed by atoms with Gasteiger partial charge in [-0.15, -0.1) is 0 Å². The first-order valence-corrected chi connectivity index (χ1v) is 33.4. The van der Waals surface area contributed by atoms with Gasteiger partial charge in [-0.2, -0.15) is 0 Å². The van der Waals surface area contributed by atoms with Crippen molar-refractivity contribution in [2.75, 3.05) is 40.9 Å². The van der Waals surface area contributed by atoms with Crippen LogP contribution in [0.4, 0.5) is 0 Å². The molecule has 0 saturated heterocycles. The van der Waals surface area contributed by atoms with Gasteiger partial charge in [-0.1, -0.05) is 250 Å².